The molecule has 3 nitrogen and oxygen atoms in total. The van der Waals surface area contributed by atoms with E-state index in [1.807, 2.05) is 52.0 Å². The first-order valence-electron chi connectivity index (χ1n) is 18.9. The SMILES string of the molecule is C/C=C\C.CC.Cc1cccc2c1/C(=C(\N)c1cccc(-n3c4ccccc4c4cc(-c5ccc6oc7ccccc7c6c5)ccc43)c1)c1ccccc1-2. The predicted molar refractivity (Wildman–Crippen MR) is 232 cm³/mol. The van der Waals surface area contributed by atoms with Gasteiger partial charge in [0.1, 0.15) is 11.2 Å². The maximum atomic E-state index is 7.16. The monoisotopic (exact) mass is 700 g/mol. The molecule has 2 N–H and O–H groups in total. The van der Waals surface area contributed by atoms with Crippen LogP contribution in [-0.2, 0) is 0 Å². The first-order valence-corrected chi connectivity index (χ1v) is 18.9. The number of furan rings is 1. The smallest absolute Gasteiger partial charge is 0.135 e. The van der Waals surface area contributed by atoms with Crippen LogP contribution in [0, 0.1) is 6.92 Å². The van der Waals surface area contributed by atoms with E-state index in [0.29, 0.717) is 0 Å². The normalized spacial score (nSPS) is 12.8. The Morgan fingerprint density at radius 3 is 1.94 bits per heavy atom. The summed E-state index contributed by atoms with van der Waals surface area (Å²) in [6.45, 7) is 10.2. The fourth-order valence-electron chi connectivity index (χ4n) is 7.87. The maximum absolute atomic E-state index is 7.16. The summed E-state index contributed by atoms with van der Waals surface area (Å²) in [6.07, 6.45) is 4.00. The van der Waals surface area contributed by atoms with Crippen molar-refractivity contribution in [3.63, 3.8) is 0 Å². The summed E-state index contributed by atoms with van der Waals surface area (Å²) in [5.74, 6) is 0. The second kappa shape index (κ2) is 14.4. The van der Waals surface area contributed by atoms with E-state index in [-0.39, 0.29) is 0 Å². The van der Waals surface area contributed by atoms with E-state index in [4.69, 9.17) is 10.2 Å². The number of hydrogen-bond acceptors (Lipinski definition) is 2. The largest absolute Gasteiger partial charge is 0.456 e. The van der Waals surface area contributed by atoms with Crippen LogP contribution < -0.4 is 5.73 Å². The maximum Gasteiger partial charge on any atom is 0.135 e. The molecule has 1 aliphatic carbocycles. The molecule has 0 spiro atoms. The molecule has 0 radical (unpaired) electrons. The molecule has 54 heavy (non-hydrogen) atoms. The van der Waals surface area contributed by atoms with Crippen molar-refractivity contribution in [1.29, 1.82) is 0 Å². The van der Waals surface area contributed by atoms with Gasteiger partial charge in [-0.1, -0.05) is 129 Å². The zero-order valence-electron chi connectivity index (χ0n) is 31.5. The molecule has 2 aromatic heterocycles. The molecule has 7 aromatic carbocycles. The Labute approximate surface area is 317 Å². The van der Waals surface area contributed by atoms with E-state index in [1.54, 1.807) is 0 Å². The van der Waals surface area contributed by atoms with E-state index in [0.717, 1.165) is 55.5 Å². The minimum Gasteiger partial charge on any atom is -0.456 e. The van der Waals surface area contributed by atoms with Gasteiger partial charge in [0.2, 0.25) is 0 Å². The summed E-state index contributed by atoms with van der Waals surface area (Å²) in [5.41, 5.74) is 23.8. The number of aromatic nitrogens is 1. The third-order valence-corrected chi connectivity index (χ3v) is 10.4. The van der Waals surface area contributed by atoms with Crippen molar-refractivity contribution in [2.75, 3.05) is 0 Å². The fraction of sp³-hybridized carbons (Fsp3) is 0.0980. The Morgan fingerprint density at radius 1 is 0.537 bits per heavy atom. The molecule has 0 atom stereocenters. The third kappa shape index (κ3) is 5.70. The van der Waals surface area contributed by atoms with Crippen LogP contribution in [0.15, 0.2) is 168 Å². The zero-order valence-corrected chi connectivity index (χ0v) is 31.5. The predicted octanol–water partition coefficient (Wildman–Crippen LogP) is 14.1. The summed E-state index contributed by atoms with van der Waals surface area (Å²) in [5, 5.41) is 4.71. The van der Waals surface area contributed by atoms with Gasteiger partial charge in [0.05, 0.1) is 11.0 Å². The second-order valence-corrected chi connectivity index (χ2v) is 13.4. The minimum absolute atomic E-state index is 0.794. The number of para-hydroxylation sites is 2. The molecule has 0 aliphatic heterocycles. The highest BCUT2D eigenvalue weighted by molar-refractivity contribution is 6.12. The topological polar surface area (TPSA) is 44.1 Å². The average molecular weight is 701 g/mol. The number of aryl methyl sites for hydroxylation is 1. The molecule has 0 saturated heterocycles. The van der Waals surface area contributed by atoms with Gasteiger partial charge in [-0.2, -0.15) is 0 Å². The van der Waals surface area contributed by atoms with Crippen LogP contribution in [0.5, 0.6) is 0 Å². The van der Waals surface area contributed by atoms with E-state index >= 15 is 0 Å². The number of nitrogens with zero attached hydrogens (tertiary/aromatic N) is 1. The summed E-state index contributed by atoms with van der Waals surface area (Å²) in [4.78, 5) is 0. The van der Waals surface area contributed by atoms with Gasteiger partial charge in [0.15, 0.2) is 0 Å². The molecule has 3 heteroatoms. The Kier molecular flexibility index (Phi) is 9.23. The van der Waals surface area contributed by atoms with E-state index in [9.17, 15) is 0 Å². The van der Waals surface area contributed by atoms with E-state index in [2.05, 4.69) is 151 Å². The molecule has 0 saturated carbocycles. The lowest BCUT2D eigenvalue weighted by Gasteiger charge is -2.14. The number of nitrogens with two attached hydrogens (primary N) is 1. The second-order valence-electron chi connectivity index (χ2n) is 13.4. The number of fused-ring (bicyclic) bond motifs is 9. The number of benzene rings is 7. The Morgan fingerprint density at radius 2 is 1.15 bits per heavy atom. The van der Waals surface area contributed by atoms with Gasteiger partial charge in [-0.05, 0) is 108 Å². The zero-order chi connectivity index (χ0) is 37.3. The van der Waals surface area contributed by atoms with Crippen LogP contribution in [0.2, 0.25) is 0 Å². The molecular formula is C51H44N2O. The van der Waals surface area contributed by atoms with Crippen molar-refractivity contribution in [2.24, 2.45) is 5.73 Å². The van der Waals surface area contributed by atoms with Crippen molar-refractivity contribution < 1.29 is 4.42 Å². The molecule has 9 aromatic rings. The molecular weight excluding hydrogens is 657 g/mol. The van der Waals surface area contributed by atoms with Gasteiger partial charge in [-0.3, -0.25) is 0 Å². The highest BCUT2D eigenvalue weighted by Crippen LogP contribution is 2.48. The van der Waals surface area contributed by atoms with Crippen LogP contribution in [-0.4, -0.2) is 4.57 Å². The lowest BCUT2D eigenvalue weighted by atomic mass is 9.95. The van der Waals surface area contributed by atoms with Crippen molar-refractivity contribution >= 4 is 55.0 Å². The van der Waals surface area contributed by atoms with Gasteiger partial charge >= 0.3 is 0 Å². The molecule has 0 bridgehead atoms. The van der Waals surface area contributed by atoms with E-state index < -0.39 is 0 Å². The molecule has 264 valence electrons. The number of rotatable bonds is 3. The summed E-state index contributed by atoms with van der Waals surface area (Å²) >= 11 is 0. The third-order valence-electron chi connectivity index (χ3n) is 10.4. The van der Waals surface area contributed by atoms with Crippen molar-refractivity contribution in [2.45, 2.75) is 34.6 Å². The van der Waals surface area contributed by atoms with Crippen LogP contribution in [0.4, 0.5) is 0 Å². The fourth-order valence-corrected chi connectivity index (χ4v) is 7.87. The first kappa shape index (κ1) is 34.5. The first-order chi connectivity index (χ1) is 26.6. The lowest BCUT2D eigenvalue weighted by molar-refractivity contribution is 0.669. The van der Waals surface area contributed by atoms with Crippen LogP contribution >= 0.6 is 0 Å². The van der Waals surface area contributed by atoms with Crippen LogP contribution in [0.25, 0.3) is 83.0 Å². The molecule has 1 aliphatic rings. The Balaban J connectivity index is 0.000000649. The summed E-state index contributed by atoms with van der Waals surface area (Å²) in [6, 6.07) is 54.0. The van der Waals surface area contributed by atoms with Gasteiger partial charge in [-0.15, -0.1) is 0 Å². The summed E-state index contributed by atoms with van der Waals surface area (Å²) in [7, 11) is 0. The number of hydrogen-bond donors (Lipinski definition) is 1. The molecule has 0 fully saturated rings. The lowest BCUT2D eigenvalue weighted by Crippen LogP contribution is -2.03. The molecule has 2 heterocycles. The molecule has 0 unspecified atom stereocenters. The minimum atomic E-state index is 0.794. The van der Waals surface area contributed by atoms with Gasteiger partial charge < -0.3 is 14.7 Å². The summed E-state index contributed by atoms with van der Waals surface area (Å²) < 4.78 is 8.47. The quantitative estimate of drug-likeness (QED) is 0.186. The van der Waals surface area contributed by atoms with Crippen molar-refractivity contribution in [1.82, 2.24) is 4.57 Å². The van der Waals surface area contributed by atoms with Crippen LogP contribution in [0.1, 0.15) is 49.9 Å². The Bertz CT molecular complexity index is 2890. The van der Waals surface area contributed by atoms with Gasteiger partial charge in [0.25, 0.3) is 0 Å². The van der Waals surface area contributed by atoms with E-state index in [1.165, 1.54) is 49.7 Å². The number of allylic oxidation sites excluding steroid dienone is 2. The molecule has 10 rings (SSSR count). The molecule has 0 amide bonds. The standard InChI is InChI=1S/C45H30N2O.C4H8.C2H6/c1-27-10-8-17-35-32-13-2-3-16-36(32)44(43(27)35)45(46)30-11-9-12-31(24-30)47-39-18-6-4-14-33(39)37-25-28(20-22-40(37)47)29-21-23-42-38(26-29)34-15-5-7-19-41(34)48-42;1-3-4-2;1-2/h2-26H,46H2,1H3;3-4H,1-2H3;1-2H3/b45-44-;4-3-;. The Hall–Kier alpha value is -6.58. The average Bonchev–Trinajstić information content (AvgIpc) is 3.89. The van der Waals surface area contributed by atoms with Crippen molar-refractivity contribution in [3.05, 3.63) is 186 Å². The van der Waals surface area contributed by atoms with Crippen LogP contribution in [0.3, 0.4) is 0 Å². The van der Waals surface area contributed by atoms with Gasteiger partial charge in [-0.25, -0.2) is 0 Å². The van der Waals surface area contributed by atoms with Crippen molar-refractivity contribution in [3.8, 4) is 27.9 Å². The van der Waals surface area contributed by atoms with Gasteiger partial charge in [0, 0.05) is 44.1 Å². The highest BCUT2D eigenvalue weighted by Gasteiger charge is 2.27. The highest BCUT2D eigenvalue weighted by atomic mass is 16.3.